The highest BCUT2D eigenvalue weighted by Crippen LogP contribution is 2.22. The molecular formula is C15H16N2O4S2. The molecule has 122 valence electrons. The maximum atomic E-state index is 12.4. The number of carbonyl (C=O) groups excluding carboxylic acids is 2. The van der Waals surface area contributed by atoms with E-state index in [-0.39, 0.29) is 16.6 Å². The molecule has 0 radical (unpaired) electrons. The summed E-state index contributed by atoms with van der Waals surface area (Å²) >= 11 is 1.06. The fraction of sp³-hybridized carbons (Fsp3) is 0.200. The molecule has 1 aromatic carbocycles. The van der Waals surface area contributed by atoms with E-state index in [2.05, 4.69) is 10.0 Å². The molecular weight excluding hydrogens is 336 g/mol. The number of amides is 1. The van der Waals surface area contributed by atoms with Crippen LogP contribution in [-0.2, 0) is 10.0 Å². The molecule has 0 bridgehead atoms. The van der Waals surface area contributed by atoms with E-state index in [1.807, 2.05) is 0 Å². The molecule has 0 saturated carbocycles. The maximum Gasteiger partial charge on any atom is 0.262 e. The number of rotatable bonds is 6. The molecule has 0 aliphatic heterocycles. The Kier molecular flexibility index (Phi) is 5.17. The zero-order valence-electron chi connectivity index (χ0n) is 12.6. The molecule has 6 nitrogen and oxygen atoms in total. The molecule has 1 heterocycles. The first-order valence-corrected chi connectivity index (χ1v) is 9.20. The molecule has 8 heteroatoms. The van der Waals surface area contributed by atoms with Gasteiger partial charge in [0.25, 0.3) is 15.9 Å². The van der Waals surface area contributed by atoms with Gasteiger partial charge in [-0.05, 0) is 32.0 Å². The number of sulfonamides is 1. The number of carbonyl (C=O) groups is 2. The van der Waals surface area contributed by atoms with Gasteiger partial charge in [0.2, 0.25) is 0 Å². The van der Waals surface area contributed by atoms with Crippen molar-refractivity contribution in [2.45, 2.75) is 18.7 Å². The van der Waals surface area contributed by atoms with E-state index in [4.69, 9.17) is 0 Å². The third-order valence-corrected chi connectivity index (χ3v) is 5.41. The minimum Gasteiger partial charge on any atom is -0.352 e. The predicted octanol–water partition coefficient (Wildman–Crippen LogP) is 2.50. The number of Topliss-reactive ketones (excluding diaryl/α,β-unsaturated/α-hetero) is 1. The predicted molar refractivity (Wildman–Crippen MR) is 89.6 cm³/mol. The highest BCUT2D eigenvalue weighted by Gasteiger charge is 2.19. The van der Waals surface area contributed by atoms with Crippen LogP contribution in [-0.4, -0.2) is 26.7 Å². The third kappa shape index (κ3) is 4.17. The Morgan fingerprint density at radius 3 is 2.61 bits per heavy atom. The van der Waals surface area contributed by atoms with Crippen molar-refractivity contribution in [3.8, 4) is 0 Å². The third-order valence-electron chi connectivity index (χ3n) is 2.97. The van der Waals surface area contributed by atoms with Crippen molar-refractivity contribution in [3.05, 3.63) is 46.2 Å². The summed E-state index contributed by atoms with van der Waals surface area (Å²) in [6.45, 7) is 3.66. The smallest absolute Gasteiger partial charge is 0.262 e. The summed E-state index contributed by atoms with van der Waals surface area (Å²) in [5, 5.41) is 4.02. The lowest BCUT2D eigenvalue weighted by atomic mass is 10.1. The standard InChI is InChI=1S/C15H16N2O4S2/c1-3-16-15(19)14-8-13(9-22-14)23(20,21)17-12-6-4-5-11(7-12)10(2)18/h4-9,17H,3H2,1-2H3,(H,16,19). The lowest BCUT2D eigenvalue weighted by Gasteiger charge is -2.07. The monoisotopic (exact) mass is 352 g/mol. The molecule has 0 fully saturated rings. The molecule has 2 N–H and O–H groups in total. The van der Waals surface area contributed by atoms with Crippen LogP contribution < -0.4 is 10.0 Å². The summed E-state index contributed by atoms with van der Waals surface area (Å²) in [5.41, 5.74) is 0.710. The average Bonchev–Trinajstić information content (AvgIpc) is 2.98. The van der Waals surface area contributed by atoms with Crippen LogP contribution in [0.3, 0.4) is 0 Å². The van der Waals surface area contributed by atoms with E-state index in [1.165, 1.54) is 24.4 Å². The minimum atomic E-state index is -3.81. The topological polar surface area (TPSA) is 92.3 Å². The van der Waals surface area contributed by atoms with Crippen LogP contribution in [0.4, 0.5) is 5.69 Å². The van der Waals surface area contributed by atoms with E-state index in [0.717, 1.165) is 11.3 Å². The molecule has 1 aromatic heterocycles. The summed E-state index contributed by atoms with van der Waals surface area (Å²) < 4.78 is 27.1. The summed E-state index contributed by atoms with van der Waals surface area (Å²) in [6, 6.07) is 7.56. The van der Waals surface area contributed by atoms with Crippen LogP contribution >= 0.6 is 11.3 Å². The van der Waals surface area contributed by atoms with Crippen LogP contribution in [0, 0.1) is 0 Å². The Morgan fingerprint density at radius 2 is 1.96 bits per heavy atom. The highest BCUT2D eigenvalue weighted by molar-refractivity contribution is 7.92. The molecule has 1 amide bonds. The van der Waals surface area contributed by atoms with Gasteiger partial charge in [-0.3, -0.25) is 14.3 Å². The van der Waals surface area contributed by atoms with Crippen molar-refractivity contribution in [1.29, 1.82) is 0 Å². The second-order valence-corrected chi connectivity index (χ2v) is 7.34. The van der Waals surface area contributed by atoms with Gasteiger partial charge in [-0.25, -0.2) is 8.42 Å². The first kappa shape index (κ1) is 17.2. The number of hydrogen-bond acceptors (Lipinski definition) is 5. The van der Waals surface area contributed by atoms with E-state index in [9.17, 15) is 18.0 Å². The van der Waals surface area contributed by atoms with Gasteiger partial charge < -0.3 is 5.32 Å². The lowest BCUT2D eigenvalue weighted by Crippen LogP contribution is -2.21. The van der Waals surface area contributed by atoms with E-state index in [0.29, 0.717) is 22.7 Å². The maximum absolute atomic E-state index is 12.4. The van der Waals surface area contributed by atoms with Crippen LogP contribution in [0.2, 0.25) is 0 Å². The summed E-state index contributed by atoms with van der Waals surface area (Å²) in [4.78, 5) is 23.4. The Bertz CT molecular complexity index is 841. The van der Waals surface area contributed by atoms with E-state index in [1.54, 1.807) is 25.1 Å². The molecule has 0 spiro atoms. The van der Waals surface area contributed by atoms with Crippen LogP contribution in [0.15, 0.2) is 40.6 Å². The number of anilines is 1. The molecule has 0 saturated heterocycles. The summed E-state index contributed by atoms with van der Waals surface area (Å²) in [7, 11) is -3.81. The minimum absolute atomic E-state index is 0.0111. The first-order chi connectivity index (χ1) is 10.8. The second kappa shape index (κ2) is 6.93. The quantitative estimate of drug-likeness (QED) is 0.781. The highest BCUT2D eigenvalue weighted by atomic mass is 32.2. The Hall–Kier alpha value is -2.19. The largest absolute Gasteiger partial charge is 0.352 e. The van der Waals surface area contributed by atoms with Gasteiger partial charge in [-0.2, -0.15) is 0 Å². The molecule has 2 aromatic rings. The number of hydrogen-bond donors (Lipinski definition) is 2. The van der Waals surface area contributed by atoms with Gasteiger partial charge >= 0.3 is 0 Å². The SMILES string of the molecule is CCNC(=O)c1cc(S(=O)(=O)Nc2cccc(C(C)=O)c2)cs1. The van der Waals surface area contributed by atoms with Gasteiger partial charge in [0.15, 0.2) is 5.78 Å². The number of ketones is 1. The molecule has 2 rings (SSSR count). The van der Waals surface area contributed by atoms with Crippen LogP contribution in [0.5, 0.6) is 0 Å². The van der Waals surface area contributed by atoms with Crippen LogP contribution in [0.25, 0.3) is 0 Å². The second-order valence-electron chi connectivity index (χ2n) is 4.75. The van der Waals surface area contributed by atoms with Gasteiger partial charge in [0.1, 0.15) is 0 Å². The van der Waals surface area contributed by atoms with Crippen molar-refractivity contribution in [2.24, 2.45) is 0 Å². The molecule has 0 atom stereocenters. The van der Waals surface area contributed by atoms with E-state index >= 15 is 0 Å². The van der Waals surface area contributed by atoms with Crippen molar-refractivity contribution in [1.82, 2.24) is 5.32 Å². The molecule has 0 aliphatic carbocycles. The zero-order valence-corrected chi connectivity index (χ0v) is 14.3. The Labute approximate surface area is 138 Å². The fourth-order valence-electron chi connectivity index (χ4n) is 1.84. The van der Waals surface area contributed by atoms with Gasteiger partial charge in [-0.1, -0.05) is 12.1 Å². The Morgan fingerprint density at radius 1 is 1.22 bits per heavy atom. The first-order valence-electron chi connectivity index (χ1n) is 6.84. The molecule has 0 unspecified atom stereocenters. The Balaban J connectivity index is 2.24. The van der Waals surface area contributed by atoms with Gasteiger partial charge in [0.05, 0.1) is 9.77 Å². The average molecular weight is 352 g/mol. The normalized spacial score (nSPS) is 11.0. The number of nitrogens with one attached hydrogen (secondary N) is 2. The van der Waals surface area contributed by atoms with Crippen molar-refractivity contribution in [3.63, 3.8) is 0 Å². The molecule has 0 aliphatic rings. The van der Waals surface area contributed by atoms with Gasteiger partial charge in [0, 0.05) is 23.2 Å². The van der Waals surface area contributed by atoms with Crippen molar-refractivity contribution < 1.29 is 18.0 Å². The number of benzene rings is 1. The molecule has 23 heavy (non-hydrogen) atoms. The van der Waals surface area contributed by atoms with Crippen LogP contribution in [0.1, 0.15) is 33.9 Å². The summed E-state index contributed by atoms with van der Waals surface area (Å²) in [5.74, 6) is -0.461. The van der Waals surface area contributed by atoms with Crippen molar-refractivity contribution in [2.75, 3.05) is 11.3 Å². The van der Waals surface area contributed by atoms with Crippen molar-refractivity contribution >= 4 is 38.7 Å². The summed E-state index contributed by atoms with van der Waals surface area (Å²) in [6.07, 6.45) is 0. The lowest BCUT2D eigenvalue weighted by molar-refractivity contribution is 0.0958. The fourth-order valence-corrected chi connectivity index (χ4v) is 4.08. The number of thiophene rings is 1. The zero-order chi connectivity index (χ0) is 17.0. The van der Waals surface area contributed by atoms with E-state index < -0.39 is 10.0 Å². The van der Waals surface area contributed by atoms with Gasteiger partial charge in [-0.15, -0.1) is 11.3 Å².